The molecule has 1 aromatic rings. The van der Waals surface area contributed by atoms with Gasteiger partial charge in [0.25, 0.3) is 0 Å². The summed E-state index contributed by atoms with van der Waals surface area (Å²) < 4.78 is 0. The second-order valence-electron chi connectivity index (χ2n) is 5.52. The summed E-state index contributed by atoms with van der Waals surface area (Å²) in [5.74, 6) is 1.26. The van der Waals surface area contributed by atoms with Gasteiger partial charge in [0.2, 0.25) is 0 Å². The van der Waals surface area contributed by atoms with Crippen LogP contribution in [0.4, 0.5) is 0 Å². The first-order valence-corrected chi connectivity index (χ1v) is 7.11. The molecule has 2 aliphatic carbocycles. The Balaban J connectivity index is 2.04. The van der Waals surface area contributed by atoms with Gasteiger partial charge in [-0.05, 0) is 42.7 Å². The van der Waals surface area contributed by atoms with Gasteiger partial charge in [0.15, 0.2) is 0 Å². The zero-order chi connectivity index (χ0) is 13.2. The maximum Gasteiger partial charge on any atom is 0.0403 e. The number of rotatable bonds is 2. The summed E-state index contributed by atoms with van der Waals surface area (Å²) in [7, 11) is 2.03. The highest BCUT2D eigenvalue weighted by Gasteiger charge is 2.28. The Labute approximate surface area is 115 Å². The summed E-state index contributed by atoms with van der Waals surface area (Å²) >= 11 is 0. The van der Waals surface area contributed by atoms with E-state index in [1.165, 1.54) is 22.4 Å². The third-order valence-electron chi connectivity index (χ3n) is 4.36. The minimum Gasteiger partial charge on any atom is -0.388 e. The third-order valence-corrected chi connectivity index (χ3v) is 4.36. The third kappa shape index (κ3) is 2.14. The van der Waals surface area contributed by atoms with Gasteiger partial charge in [-0.15, -0.1) is 0 Å². The molecular formula is C18H21N. The van der Waals surface area contributed by atoms with Gasteiger partial charge in [-0.25, -0.2) is 0 Å². The molecule has 2 aliphatic rings. The molecule has 1 aromatic carbocycles. The number of benzene rings is 1. The Morgan fingerprint density at radius 1 is 1.16 bits per heavy atom. The van der Waals surface area contributed by atoms with Gasteiger partial charge < -0.3 is 5.32 Å². The summed E-state index contributed by atoms with van der Waals surface area (Å²) in [4.78, 5) is 0. The van der Waals surface area contributed by atoms with Crippen LogP contribution in [0.25, 0.3) is 5.70 Å². The monoisotopic (exact) mass is 251 g/mol. The first kappa shape index (κ1) is 12.3. The summed E-state index contributed by atoms with van der Waals surface area (Å²) in [6.45, 7) is 2.26. The second kappa shape index (κ2) is 5.08. The van der Waals surface area contributed by atoms with Crippen LogP contribution in [0.3, 0.4) is 0 Å². The number of fused-ring (bicyclic) bond motifs is 1. The molecule has 3 rings (SSSR count). The van der Waals surface area contributed by atoms with E-state index in [0.29, 0.717) is 11.8 Å². The van der Waals surface area contributed by atoms with Crippen LogP contribution >= 0.6 is 0 Å². The van der Waals surface area contributed by atoms with Crippen LogP contribution in [0.2, 0.25) is 0 Å². The molecule has 1 heteroatoms. The summed E-state index contributed by atoms with van der Waals surface area (Å²) in [6.07, 6.45) is 11.4. The number of hydrogen-bond acceptors (Lipinski definition) is 1. The Bertz CT molecular complexity index is 563. The largest absolute Gasteiger partial charge is 0.388 e. The van der Waals surface area contributed by atoms with Crippen LogP contribution < -0.4 is 5.32 Å². The first-order chi connectivity index (χ1) is 9.31. The summed E-state index contributed by atoms with van der Waals surface area (Å²) in [5.41, 5.74) is 5.69. The van der Waals surface area contributed by atoms with Gasteiger partial charge in [-0.2, -0.15) is 0 Å². The van der Waals surface area contributed by atoms with Crippen molar-refractivity contribution < 1.29 is 0 Å². The molecule has 0 saturated carbocycles. The Morgan fingerprint density at radius 3 is 2.74 bits per heavy atom. The molecule has 0 saturated heterocycles. The van der Waals surface area contributed by atoms with Gasteiger partial charge >= 0.3 is 0 Å². The SMILES string of the molecule is CNC1=C(C)CC(C2C=CC=CC2)c2ccccc21. The molecule has 0 radical (unpaired) electrons. The van der Waals surface area contributed by atoms with Crippen molar-refractivity contribution in [3.8, 4) is 0 Å². The quantitative estimate of drug-likeness (QED) is 0.828. The molecule has 0 heterocycles. The minimum absolute atomic E-state index is 0.620. The van der Waals surface area contributed by atoms with Crippen molar-refractivity contribution in [3.63, 3.8) is 0 Å². The Kier molecular flexibility index (Phi) is 3.29. The van der Waals surface area contributed by atoms with E-state index in [4.69, 9.17) is 0 Å². The number of hydrogen-bond donors (Lipinski definition) is 1. The van der Waals surface area contributed by atoms with Crippen molar-refractivity contribution in [3.05, 3.63) is 65.3 Å². The van der Waals surface area contributed by atoms with Crippen molar-refractivity contribution >= 4 is 5.70 Å². The molecule has 0 aromatic heterocycles. The maximum atomic E-state index is 3.38. The lowest BCUT2D eigenvalue weighted by molar-refractivity contribution is 0.497. The van der Waals surface area contributed by atoms with E-state index in [9.17, 15) is 0 Å². The van der Waals surface area contributed by atoms with E-state index in [-0.39, 0.29) is 0 Å². The molecule has 19 heavy (non-hydrogen) atoms. The van der Waals surface area contributed by atoms with E-state index in [1.807, 2.05) is 7.05 Å². The zero-order valence-electron chi connectivity index (χ0n) is 11.7. The fourth-order valence-corrected chi connectivity index (χ4v) is 3.45. The molecule has 2 unspecified atom stereocenters. The highest BCUT2D eigenvalue weighted by Crippen LogP contribution is 2.43. The molecule has 1 N–H and O–H groups in total. The van der Waals surface area contributed by atoms with Crippen molar-refractivity contribution in [2.45, 2.75) is 25.7 Å². The second-order valence-corrected chi connectivity index (χ2v) is 5.52. The lowest BCUT2D eigenvalue weighted by Crippen LogP contribution is -2.21. The Hall–Kier alpha value is -1.76. The van der Waals surface area contributed by atoms with Crippen molar-refractivity contribution in [2.24, 2.45) is 5.92 Å². The summed E-state index contributed by atoms with van der Waals surface area (Å²) in [6, 6.07) is 8.86. The fraction of sp³-hybridized carbons (Fsp3) is 0.333. The maximum absolute atomic E-state index is 3.38. The highest BCUT2D eigenvalue weighted by atomic mass is 14.8. The molecular weight excluding hydrogens is 230 g/mol. The van der Waals surface area contributed by atoms with Crippen LogP contribution in [0.5, 0.6) is 0 Å². The number of nitrogens with one attached hydrogen (secondary N) is 1. The van der Waals surface area contributed by atoms with E-state index in [2.05, 4.69) is 60.8 Å². The average molecular weight is 251 g/mol. The lowest BCUT2D eigenvalue weighted by atomic mass is 9.73. The van der Waals surface area contributed by atoms with Crippen LogP contribution in [0.1, 0.15) is 36.8 Å². The van der Waals surface area contributed by atoms with E-state index >= 15 is 0 Å². The minimum atomic E-state index is 0.620. The van der Waals surface area contributed by atoms with Crippen LogP contribution in [-0.2, 0) is 0 Å². The normalized spacial score (nSPS) is 25.4. The molecule has 0 bridgehead atoms. The van der Waals surface area contributed by atoms with Crippen LogP contribution in [0, 0.1) is 5.92 Å². The highest BCUT2D eigenvalue weighted by molar-refractivity contribution is 5.72. The van der Waals surface area contributed by atoms with Gasteiger partial charge in [0, 0.05) is 18.3 Å². The van der Waals surface area contributed by atoms with Gasteiger partial charge in [-0.3, -0.25) is 0 Å². The van der Waals surface area contributed by atoms with E-state index < -0.39 is 0 Å². The standard InChI is InChI=1S/C18H21N/c1-13-12-17(14-8-4-3-5-9-14)15-10-6-7-11-16(15)18(13)19-2/h3-8,10-11,14,17,19H,9,12H2,1-2H3. The molecule has 0 spiro atoms. The van der Waals surface area contributed by atoms with E-state index in [1.54, 1.807) is 0 Å². The van der Waals surface area contributed by atoms with Gasteiger partial charge in [0.05, 0.1) is 0 Å². The van der Waals surface area contributed by atoms with Crippen molar-refractivity contribution in [1.82, 2.24) is 5.32 Å². The molecule has 0 amide bonds. The predicted octanol–water partition coefficient (Wildman–Crippen LogP) is 4.26. The van der Waals surface area contributed by atoms with Crippen molar-refractivity contribution in [1.29, 1.82) is 0 Å². The van der Waals surface area contributed by atoms with Gasteiger partial charge in [0.1, 0.15) is 0 Å². The smallest absolute Gasteiger partial charge is 0.0403 e. The predicted molar refractivity (Wildman–Crippen MR) is 81.8 cm³/mol. The zero-order valence-corrected chi connectivity index (χ0v) is 11.7. The molecule has 0 fully saturated rings. The molecule has 0 aliphatic heterocycles. The van der Waals surface area contributed by atoms with Crippen LogP contribution in [0.15, 0.2) is 54.1 Å². The van der Waals surface area contributed by atoms with E-state index in [0.717, 1.165) is 12.8 Å². The van der Waals surface area contributed by atoms with Crippen LogP contribution in [-0.4, -0.2) is 7.05 Å². The number of allylic oxidation sites excluding steroid dienone is 5. The topological polar surface area (TPSA) is 12.0 Å². The molecule has 98 valence electrons. The fourth-order valence-electron chi connectivity index (χ4n) is 3.45. The van der Waals surface area contributed by atoms with Crippen molar-refractivity contribution in [2.75, 3.05) is 7.05 Å². The summed E-state index contributed by atoms with van der Waals surface area (Å²) in [5, 5.41) is 3.38. The molecule has 1 nitrogen and oxygen atoms in total. The van der Waals surface area contributed by atoms with Gasteiger partial charge in [-0.1, -0.05) is 48.6 Å². The Morgan fingerprint density at radius 2 is 2.00 bits per heavy atom. The molecule has 2 atom stereocenters. The average Bonchev–Trinajstić information content (AvgIpc) is 2.47. The first-order valence-electron chi connectivity index (χ1n) is 7.11. The lowest BCUT2D eigenvalue weighted by Gasteiger charge is -2.33.